The molecular formula is C25H26O4. The molecule has 3 aromatic rings. The van der Waals surface area contributed by atoms with Gasteiger partial charge in [0.05, 0.1) is 10.9 Å². The molecule has 2 aromatic carbocycles. The maximum atomic E-state index is 12.7. The lowest BCUT2D eigenvalue weighted by Gasteiger charge is -2.07. The Labute approximate surface area is 170 Å². The Morgan fingerprint density at radius 1 is 1.07 bits per heavy atom. The maximum Gasteiger partial charge on any atom is 0.200 e. The van der Waals surface area contributed by atoms with Crippen molar-refractivity contribution in [3.8, 4) is 22.6 Å². The second-order valence-corrected chi connectivity index (χ2v) is 7.36. The maximum absolute atomic E-state index is 12.7. The molecule has 3 rings (SSSR count). The van der Waals surface area contributed by atoms with Gasteiger partial charge in [-0.1, -0.05) is 29.4 Å². The fourth-order valence-electron chi connectivity index (χ4n) is 3.02. The minimum atomic E-state index is -0.130. The van der Waals surface area contributed by atoms with Crippen LogP contribution in [0, 0.1) is 0 Å². The van der Waals surface area contributed by atoms with Crippen LogP contribution >= 0.6 is 0 Å². The average Bonchev–Trinajstić information content (AvgIpc) is 2.68. The van der Waals surface area contributed by atoms with Crippen LogP contribution in [0.3, 0.4) is 0 Å². The monoisotopic (exact) mass is 390 g/mol. The van der Waals surface area contributed by atoms with E-state index < -0.39 is 0 Å². The van der Waals surface area contributed by atoms with Crippen LogP contribution < -0.4 is 10.2 Å². The number of aromatic hydroxyl groups is 1. The molecule has 0 aliphatic heterocycles. The van der Waals surface area contributed by atoms with Crippen molar-refractivity contribution in [2.75, 3.05) is 6.61 Å². The third kappa shape index (κ3) is 5.38. The summed E-state index contributed by atoms with van der Waals surface area (Å²) in [4.78, 5) is 12.7. The van der Waals surface area contributed by atoms with Gasteiger partial charge in [-0.2, -0.15) is 0 Å². The summed E-state index contributed by atoms with van der Waals surface area (Å²) in [5.74, 6) is 0.813. The molecule has 0 unspecified atom stereocenters. The largest absolute Gasteiger partial charge is 0.508 e. The molecular weight excluding hydrogens is 364 g/mol. The first kappa shape index (κ1) is 20.5. The molecule has 150 valence electrons. The van der Waals surface area contributed by atoms with E-state index in [0.717, 1.165) is 24.2 Å². The normalized spacial score (nSPS) is 11.5. The zero-order valence-electron chi connectivity index (χ0n) is 17.1. The van der Waals surface area contributed by atoms with Gasteiger partial charge in [0, 0.05) is 6.07 Å². The van der Waals surface area contributed by atoms with Crippen molar-refractivity contribution in [1.29, 1.82) is 0 Å². The molecule has 0 atom stereocenters. The minimum absolute atomic E-state index is 0.0659. The molecule has 4 nitrogen and oxygen atoms in total. The molecule has 4 heteroatoms. The van der Waals surface area contributed by atoms with Gasteiger partial charge in [0.15, 0.2) is 5.43 Å². The molecule has 1 N–H and O–H groups in total. The molecule has 0 spiro atoms. The highest BCUT2D eigenvalue weighted by Crippen LogP contribution is 2.24. The average molecular weight is 390 g/mol. The number of hydrogen-bond acceptors (Lipinski definition) is 4. The van der Waals surface area contributed by atoms with E-state index in [4.69, 9.17) is 9.15 Å². The summed E-state index contributed by atoms with van der Waals surface area (Å²) in [6.45, 7) is 6.85. The summed E-state index contributed by atoms with van der Waals surface area (Å²) in [6, 6.07) is 11.9. The summed E-state index contributed by atoms with van der Waals surface area (Å²) in [7, 11) is 0. The highest BCUT2D eigenvalue weighted by Gasteiger charge is 2.09. The van der Waals surface area contributed by atoms with Crippen molar-refractivity contribution in [3.63, 3.8) is 0 Å². The summed E-state index contributed by atoms with van der Waals surface area (Å²) in [5.41, 5.74) is 4.12. The Kier molecular flexibility index (Phi) is 6.55. The molecule has 0 amide bonds. The molecule has 1 aromatic heterocycles. The van der Waals surface area contributed by atoms with Crippen LogP contribution in [0.25, 0.3) is 22.1 Å². The quantitative estimate of drug-likeness (QED) is 0.485. The van der Waals surface area contributed by atoms with E-state index in [-0.39, 0.29) is 11.2 Å². The summed E-state index contributed by atoms with van der Waals surface area (Å²) in [5, 5.41) is 9.96. The Balaban J connectivity index is 1.67. The lowest BCUT2D eigenvalue weighted by molar-refractivity contribution is 0.361. The van der Waals surface area contributed by atoms with Crippen LogP contribution in [0.1, 0.15) is 33.6 Å². The number of phenolic OH excluding ortho intramolecular Hbond substituents is 1. The van der Waals surface area contributed by atoms with Gasteiger partial charge >= 0.3 is 0 Å². The molecule has 0 fully saturated rings. The predicted octanol–water partition coefficient (Wildman–Crippen LogP) is 6.24. The van der Waals surface area contributed by atoms with Gasteiger partial charge in [0.2, 0.25) is 0 Å². The van der Waals surface area contributed by atoms with Crippen LogP contribution in [-0.2, 0) is 0 Å². The minimum Gasteiger partial charge on any atom is -0.508 e. The zero-order valence-corrected chi connectivity index (χ0v) is 17.1. The van der Waals surface area contributed by atoms with Crippen LogP contribution in [0.4, 0.5) is 0 Å². The zero-order chi connectivity index (χ0) is 20.8. The Bertz CT molecular complexity index is 1100. The first-order chi connectivity index (χ1) is 13.9. The van der Waals surface area contributed by atoms with E-state index in [2.05, 4.69) is 32.9 Å². The molecule has 0 saturated heterocycles. The lowest BCUT2D eigenvalue weighted by atomic mass is 10.1. The third-order valence-electron chi connectivity index (χ3n) is 4.70. The number of benzene rings is 2. The Morgan fingerprint density at radius 2 is 1.83 bits per heavy atom. The van der Waals surface area contributed by atoms with Gasteiger partial charge < -0.3 is 14.3 Å². The molecule has 29 heavy (non-hydrogen) atoms. The first-order valence-corrected chi connectivity index (χ1v) is 9.71. The van der Waals surface area contributed by atoms with Gasteiger partial charge in [0.1, 0.15) is 30.0 Å². The fourth-order valence-corrected chi connectivity index (χ4v) is 3.02. The van der Waals surface area contributed by atoms with Crippen LogP contribution in [0.5, 0.6) is 11.5 Å². The van der Waals surface area contributed by atoms with Crippen LogP contribution in [0.2, 0.25) is 0 Å². The Hall–Kier alpha value is -3.27. The predicted molar refractivity (Wildman–Crippen MR) is 118 cm³/mol. The van der Waals surface area contributed by atoms with E-state index in [0.29, 0.717) is 23.1 Å². The van der Waals surface area contributed by atoms with Crippen molar-refractivity contribution < 1.29 is 14.3 Å². The first-order valence-electron chi connectivity index (χ1n) is 9.71. The Morgan fingerprint density at radius 3 is 2.55 bits per heavy atom. The summed E-state index contributed by atoms with van der Waals surface area (Å²) >= 11 is 0. The van der Waals surface area contributed by atoms with Crippen molar-refractivity contribution in [3.05, 3.63) is 82.2 Å². The van der Waals surface area contributed by atoms with Crippen molar-refractivity contribution in [1.82, 2.24) is 0 Å². The van der Waals surface area contributed by atoms with Crippen molar-refractivity contribution in [2.45, 2.75) is 33.6 Å². The lowest BCUT2D eigenvalue weighted by Crippen LogP contribution is -2.04. The molecule has 0 aliphatic rings. The van der Waals surface area contributed by atoms with Gasteiger partial charge in [-0.15, -0.1) is 0 Å². The molecule has 0 saturated carbocycles. The van der Waals surface area contributed by atoms with Crippen LogP contribution in [-0.4, -0.2) is 11.7 Å². The number of phenols is 1. The molecule has 1 heterocycles. The number of allylic oxidation sites excluding steroid dienone is 3. The van der Waals surface area contributed by atoms with Gasteiger partial charge in [-0.25, -0.2) is 0 Å². The van der Waals surface area contributed by atoms with Crippen molar-refractivity contribution in [2.24, 2.45) is 0 Å². The summed E-state index contributed by atoms with van der Waals surface area (Å²) < 4.78 is 11.3. The van der Waals surface area contributed by atoms with Crippen LogP contribution in [0.15, 0.2) is 81.2 Å². The fraction of sp³-hybridized carbons (Fsp3) is 0.240. The number of hydrogen-bond donors (Lipinski definition) is 1. The standard InChI is InChI=1S/C25H26O4/c1-17(2)5-4-6-18(3)13-14-28-21-10-7-19(8-11-21)23-16-29-24-15-20(26)9-12-22(24)25(23)27/h5,7-13,15-16,26H,4,6,14H2,1-3H3/b18-13+. The van der Waals surface area contributed by atoms with Crippen molar-refractivity contribution >= 4 is 11.0 Å². The number of fused-ring (bicyclic) bond motifs is 1. The summed E-state index contributed by atoms with van der Waals surface area (Å²) in [6.07, 6.45) is 7.85. The number of ether oxygens (including phenoxy) is 1. The second kappa shape index (κ2) is 9.28. The van der Waals surface area contributed by atoms with E-state index >= 15 is 0 Å². The van der Waals surface area contributed by atoms with Gasteiger partial charge in [-0.3, -0.25) is 4.79 Å². The van der Waals surface area contributed by atoms with E-state index in [9.17, 15) is 9.90 Å². The van der Waals surface area contributed by atoms with Gasteiger partial charge in [0.25, 0.3) is 0 Å². The van der Waals surface area contributed by atoms with E-state index in [1.54, 1.807) is 6.07 Å². The number of rotatable bonds is 7. The highest BCUT2D eigenvalue weighted by molar-refractivity contribution is 5.82. The smallest absolute Gasteiger partial charge is 0.200 e. The topological polar surface area (TPSA) is 59.7 Å². The van der Waals surface area contributed by atoms with E-state index in [1.807, 2.05) is 24.3 Å². The van der Waals surface area contributed by atoms with Gasteiger partial charge in [-0.05, 0) is 69.5 Å². The SMILES string of the molecule is CC(C)=CCC/C(C)=C/COc1ccc(-c2coc3cc(O)ccc3c2=O)cc1. The second-order valence-electron chi connectivity index (χ2n) is 7.36. The molecule has 0 aliphatic carbocycles. The molecule has 0 bridgehead atoms. The highest BCUT2D eigenvalue weighted by atomic mass is 16.5. The van der Waals surface area contributed by atoms with E-state index in [1.165, 1.54) is 29.5 Å². The third-order valence-corrected chi connectivity index (χ3v) is 4.70. The molecule has 0 radical (unpaired) electrons.